The molecule has 274 valence electrons. The fourth-order valence-electron chi connectivity index (χ4n) is 7.36. The minimum absolute atomic E-state index is 0.00140. The van der Waals surface area contributed by atoms with Gasteiger partial charge in [0.1, 0.15) is 17.4 Å². The quantitative estimate of drug-likeness (QED) is 0.178. The first-order valence-corrected chi connectivity index (χ1v) is 17.7. The molecule has 1 aliphatic heterocycles. The monoisotopic (exact) mass is 711 g/mol. The standard InChI is InChI=1S/C41H47F2N5O4/c1-40(2)18-8-19-41(3,27-10-7-9-26(21-27)11-15-37(50)48(5)51-6)35-24-45-39(46-35)31-22-28(12-14-32(31)42)52-38-30(13-16-36(49)47(4)25-40)29-17-20-44-34(29)23-33(38)43/h7,9-10,12,14,17,20-24,44H,8,11,13,15-16,18-19,25H2,1-6H3,(H,45,46). The number of hydrogen-bond acceptors (Lipinski definition) is 5. The predicted molar refractivity (Wildman–Crippen MR) is 197 cm³/mol. The van der Waals surface area contributed by atoms with E-state index in [1.54, 1.807) is 24.3 Å². The molecule has 0 spiro atoms. The molecule has 2 N–H and O–H groups in total. The number of hydroxylamine groups is 2. The molecule has 3 aromatic carbocycles. The number of imidazole rings is 1. The lowest BCUT2D eigenvalue weighted by molar-refractivity contribution is -0.168. The van der Waals surface area contributed by atoms with E-state index in [0.717, 1.165) is 41.5 Å². The average molecular weight is 712 g/mol. The van der Waals surface area contributed by atoms with Gasteiger partial charge in [-0.25, -0.2) is 18.8 Å². The number of aromatic nitrogens is 3. The van der Waals surface area contributed by atoms with E-state index in [4.69, 9.17) is 9.57 Å². The molecule has 3 heterocycles. The predicted octanol–water partition coefficient (Wildman–Crippen LogP) is 8.49. The summed E-state index contributed by atoms with van der Waals surface area (Å²) in [5.74, 6) is -0.704. The molecule has 0 aliphatic carbocycles. The van der Waals surface area contributed by atoms with Crippen molar-refractivity contribution in [3.05, 3.63) is 101 Å². The van der Waals surface area contributed by atoms with Crippen molar-refractivity contribution in [1.29, 1.82) is 0 Å². The van der Waals surface area contributed by atoms with Crippen molar-refractivity contribution in [3.63, 3.8) is 0 Å². The number of aromatic amines is 2. The molecule has 0 fully saturated rings. The number of nitrogens with one attached hydrogen (secondary N) is 2. The van der Waals surface area contributed by atoms with Gasteiger partial charge in [-0.05, 0) is 73.4 Å². The molecule has 0 radical (unpaired) electrons. The molecule has 4 bridgehead atoms. The highest BCUT2D eigenvalue weighted by atomic mass is 19.1. The Bertz CT molecular complexity index is 2090. The van der Waals surface area contributed by atoms with Crippen LogP contribution in [0.25, 0.3) is 22.3 Å². The van der Waals surface area contributed by atoms with E-state index < -0.39 is 17.0 Å². The van der Waals surface area contributed by atoms with Crippen LogP contribution in [-0.4, -0.2) is 64.5 Å². The number of carbonyl (C=O) groups is 2. The minimum atomic E-state index is -0.586. The minimum Gasteiger partial charge on any atom is -0.454 e. The highest BCUT2D eigenvalue weighted by molar-refractivity contribution is 5.86. The number of fused-ring (bicyclic) bond motifs is 8. The SMILES string of the molecule is CON(C)C(=O)CCc1cccc(C2(C)CCCC(C)(C)CN(C)C(=O)CCc3c(c(F)cc4[nH]ccc34)Oc3ccc(F)c(c3)-c3ncc2[nH]3)c1. The summed E-state index contributed by atoms with van der Waals surface area (Å²) in [6.45, 7) is 7.02. The first-order valence-electron chi connectivity index (χ1n) is 17.7. The second-order valence-corrected chi connectivity index (χ2v) is 14.9. The number of carbonyl (C=O) groups excluding carboxylic acids is 2. The number of H-pyrrole nitrogens is 2. The normalized spacial score (nSPS) is 18.2. The molecule has 2 aromatic heterocycles. The van der Waals surface area contributed by atoms with Crippen LogP contribution in [0.15, 0.2) is 67.0 Å². The third kappa shape index (κ3) is 7.74. The van der Waals surface area contributed by atoms with Gasteiger partial charge in [-0.1, -0.05) is 44.5 Å². The van der Waals surface area contributed by atoms with Crippen molar-refractivity contribution in [2.45, 2.75) is 71.1 Å². The molecular formula is C41H47F2N5O4. The topological polar surface area (TPSA) is 104 Å². The maximum Gasteiger partial charge on any atom is 0.246 e. The first kappa shape index (κ1) is 36.8. The maximum absolute atomic E-state index is 15.7. The largest absolute Gasteiger partial charge is 0.454 e. The van der Waals surface area contributed by atoms with Crippen LogP contribution < -0.4 is 4.74 Å². The number of halogens is 2. The zero-order valence-electron chi connectivity index (χ0n) is 30.7. The van der Waals surface area contributed by atoms with Gasteiger partial charge in [0.2, 0.25) is 11.8 Å². The Morgan fingerprint density at radius 2 is 1.87 bits per heavy atom. The van der Waals surface area contributed by atoms with Crippen LogP contribution in [-0.2, 0) is 32.7 Å². The van der Waals surface area contributed by atoms with E-state index in [1.807, 2.05) is 25.2 Å². The van der Waals surface area contributed by atoms with Gasteiger partial charge in [0.15, 0.2) is 11.6 Å². The molecule has 2 amide bonds. The van der Waals surface area contributed by atoms with Crippen LogP contribution in [0.2, 0.25) is 0 Å². The summed E-state index contributed by atoms with van der Waals surface area (Å²) in [7, 11) is 4.87. The van der Waals surface area contributed by atoms with Crippen molar-refractivity contribution in [2.75, 3.05) is 27.7 Å². The van der Waals surface area contributed by atoms with E-state index in [0.29, 0.717) is 36.3 Å². The lowest BCUT2D eigenvalue weighted by Crippen LogP contribution is -2.36. The summed E-state index contributed by atoms with van der Waals surface area (Å²) >= 11 is 0. The molecule has 6 rings (SSSR count). The Hall–Kier alpha value is -5.03. The number of rotatable bonds is 5. The summed E-state index contributed by atoms with van der Waals surface area (Å²) in [6, 6.07) is 15.7. The summed E-state index contributed by atoms with van der Waals surface area (Å²) in [6.07, 6.45) is 7.13. The number of ether oxygens (including phenoxy) is 1. The smallest absolute Gasteiger partial charge is 0.246 e. The summed E-state index contributed by atoms with van der Waals surface area (Å²) < 4.78 is 37.5. The Morgan fingerprint density at radius 3 is 2.65 bits per heavy atom. The van der Waals surface area contributed by atoms with Crippen molar-refractivity contribution >= 4 is 22.7 Å². The highest BCUT2D eigenvalue weighted by Gasteiger charge is 2.33. The molecule has 9 nitrogen and oxygen atoms in total. The van der Waals surface area contributed by atoms with Crippen LogP contribution in [0.3, 0.4) is 0 Å². The lowest BCUT2D eigenvalue weighted by atomic mass is 9.73. The Kier molecular flexibility index (Phi) is 10.5. The van der Waals surface area contributed by atoms with Crippen molar-refractivity contribution < 1.29 is 27.9 Å². The van der Waals surface area contributed by atoms with Gasteiger partial charge >= 0.3 is 0 Å². The van der Waals surface area contributed by atoms with Crippen molar-refractivity contribution in [3.8, 4) is 22.9 Å². The number of hydrogen-bond donors (Lipinski definition) is 2. The van der Waals surface area contributed by atoms with E-state index in [9.17, 15) is 9.59 Å². The molecule has 0 saturated heterocycles. The zero-order valence-corrected chi connectivity index (χ0v) is 30.7. The molecular weight excluding hydrogens is 664 g/mol. The van der Waals surface area contributed by atoms with E-state index in [-0.39, 0.29) is 47.1 Å². The second kappa shape index (κ2) is 14.9. The summed E-state index contributed by atoms with van der Waals surface area (Å²) in [5, 5.41) is 1.99. The van der Waals surface area contributed by atoms with E-state index >= 15 is 8.78 Å². The van der Waals surface area contributed by atoms with Crippen LogP contribution in [0.5, 0.6) is 11.5 Å². The van der Waals surface area contributed by atoms with Crippen LogP contribution in [0, 0.1) is 17.0 Å². The lowest BCUT2D eigenvalue weighted by Gasteiger charge is -2.34. The summed E-state index contributed by atoms with van der Waals surface area (Å²) in [5.41, 5.74) is 3.42. The van der Waals surface area contributed by atoms with Gasteiger partial charge in [0.05, 0.1) is 12.7 Å². The van der Waals surface area contributed by atoms with Gasteiger partial charge in [-0.15, -0.1) is 0 Å². The molecule has 5 aromatic rings. The number of nitrogens with zero attached hydrogens (tertiary/aromatic N) is 3. The van der Waals surface area contributed by atoms with Crippen molar-refractivity contribution in [1.82, 2.24) is 24.9 Å². The van der Waals surface area contributed by atoms with Crippen LogP contribution in [0.1, 0.15) is 75.3 Å². The van der Waals surface area contributed by atoms with Crippen LogP contribution >= 0.6 is 0 Å². The van der Waals surface area contributed by atoms with Gasteiger partial charge in [-0.3, -0.25) is 14.4 Å². The number of benzene rings is 3. The van der Waals surface area contributed by atoms with Gasteiger partial charge in [0.25, 0.3) is 0 Å². The zero-order chi connectivity index (χ0) is 37.2. The van der Waals surface area contributed by atoms with Crippen molar-refractivity contribution in [2.24, 2.45) is 5.41 Å². The molecule has 0 saturated carbocycles. The molecule has 52 heavy (non-hydrogen) atoms. The Labute approximate surface area is 303 Å². The summed E-state index contributed by atoms with van der Waals surface area (Å²) in [4.78, 5) is 44.0. The number of aryl methyl sites for hydroxylation is 2. The van der Waals surface area contributed by atoms with E-state index in [2.05, 4.69) is 47.9 Å². The van der Waals surface area contributed by atoms with Gasteiger partial charge < -0.3 is 19.6 Å². The van der Waals surface area contributed by atoms with E-state index in [1.165, 1.54) is 36.4 Å². The Balaban J connectivity index is 1.42. The maximum atomic E-state index is 15.7. The molecule has 1 unspecified atom stereocenters. The molecule has 11 heteroatoms. The average Bonchev–Trinajstić information content (AvgIpc) is 3.81. The third-order valence-corrected chi connectivity index (χ3v) is 10.5. The molecule has 1 atom stereocenters. The van der Waals surface area contributed by atoms with Gasteiger partial charge in [-0.2, -0.15) is 0 Å². The second-order valence-electron chi connectivity index (χ2n) is 14.9. The highest BCUT2D eigenvalue weighted by Crippen LogP contribution is 2.41. The fourth-order valence-corrected chi connectivity index (χ4v) is 7.36. The number of amides is 2. The van der Waals surface area contributed by atoms with Gasteiger partial charge in [0, 0.05) is 79.5 Å². The third-order valence-electron chi connectivity index (χ3n) is 10.5. The first-order chi connectivity index (χ1) is 24.8. The molecule has 1 aliphatic rings. The Morgan fingerprint density at radius 1 is 1.06 bits per heavy atom. The van der Waals surface area contributed by atoms with Crippen LogP contribution in [0.4, 0.5) is 8.78 Å². The fraction of sp³-hybridized carbons (Fsp3) is 0.390.